The molecule has 0 saturated carbocycles. The molecule has 2 heterocycles. The van der Waals surface area contributed by atoms with Crippen LogP contribution in [0.25, 0.3) is 5.69 Å². The summed E-state index contributed by atoms with van der Waals surface area (Å²) < 4.78 is 31.3. The Hall–Kier alpha value is -3.31. The number of carbonyl (C=O) groups is 1. The Morgan fingerprint density at radius 3 is 2.39 bits per heavy atom. The van der Waals surface area contributed by atoms with Crippen molar-refractivity contribution < 1.29 is 17.9 Å². The minimum absolute atomic E-state index is 0.0620. The van der Waals surface area contributed by atoms with E-state index in [2.05, 4.69) is 20.4 Å². The van der Waals surface area contributed by atoms with E-state index in [1.165, 1.54) is 6.07 Å². The number of hydrogen-bond acceptors (Lipinski definition) is 8. The summed E-state index contributed by atoms with van der Waals surface area (Å²) in [5, 5.41) is 12.1. The fourth-order valence-electron chi connectivity index (χ4n) is 3.80. The molecular formula is C22H26N6O4S. The molecule has 1 aliphatic rings. The average Bonchev–Trinajstić information content (AvgIpc) is 3.27. The van der Waals surface area contributed by atoms with E-state index < -0.39 is 9.84 Å². The van der Waals surface area contributed by atoms with Gasteiger partial charge in [0.15, 0.2) is 15.7 Å². The molecule has 0 unspecified atom stereocenters. The third kappa shape index (κ3) is 5.20. The van der Waals surface area contributed by atoms with Gasteiger partial charge in [0.25, 0.3) is 5.91 Å². The molecule has 4 rings (SSSR count). The number of benzene rings is 2. The molecule has 11 heteroatoms. The van der Waals surface area contributed by atoms with Crippen LogP contribution in [0, 0.1) is 0 Å². The van der Waals surface area contributed by atoms with Gasteiger partial charge in [-0.1, -0.05) is 12.1 Å². The van der Waals surface area contributed by atoms with Gasteiger partial charge in [-0.05, 0) is 53.7 Å². The van der Waals surface area contributed by atoms with Crippen molar-refractivity contribution in [2.24, 2.45) is 0 Å². The normalized spacial score (nSPS) is 14.9. The van der Waals surface area contributed by atoms with Crippen LogP contribution in [0.15, 0.2) is 53.4 Å². The quantitative estimate of drug-likeness (QED) is 0.510. The molecule has 33 heavy (non-hydrogen) atoms. The topological polar surface area (TPSA) is 111 Å². The lowest BCUT2D eigenvalue weighted by molar-refractivity contribution is 0.0620. The van der Waals surface area contributed by atoms with Crippen molar-refractivity contribution in [3.8, 4) is 11.4 Å². The monoisotopic (exact) mass is 470 g/mol. The minimum Gasteiger partial charge on any atom is -0.494 e. The smallest absolute Gasteiger partial charge is 0.255 e. The summed E-state index contributed by atoms with van der Waals surface area (Å²) in [6.07, 6.45) is 1.12. The summed E-state index contributed by atoms with van der Waals surface area (Å²) in [6.45, 7) is 5.30. The highest BCUT2D eigenvalue weighted by Crippen LogP contribution is 2.19. The lowest BCUT2D eigenvalue weighted by Gasteiger charge is -2.34. The van der Waals surface area contributed by atoms with Crippen LogP contribution >= 0.6 is 0 Å². The number of piperazine rings is 1. The Kier molecular flexibility index (Phi) is 6.70. The van der Waals surface area contributed by atoms with Crippen LogP contribution in [0.2, 0.25) is 0 Å². The van der Waals surface area contributed by atoms with Gasteiger partial charge < -0.3 is 9.64 Å². The van der Waals surface area contributed by atoms with Crippen molar-refractivity contribution in [3.63, 3.8) is 0 Å². The van der Waals surface area contributed by atoms with Gasteiger partial charge in [-0.3, -0.25) is 9.69 Å². The van der Waals surface area contributed by atoms with E-state index in [9.17, 15) is 13.2 Å². The van der Waals surface area contributed by atoms with Crippen LogP contribution in [-0.2, 0) is 16.4 Å². The number of sulfone groups is 1. The van der Waals surface area contributed by atoms with E-state index >= 15 is 0 Å². The van der Waals surface area contributed by atoms with Crippen LogP contribution in [-0.4, -0.2) is 83.4 Å². The van der Waals surface area contributed by atoms with E-state index in [1.807, 2.05) is 31.2 Å². The first kappa shape index (κ1) is 22.9. The van der Waals surface area contributed by atoms with E-state index in [0.717, 1.165) is 17.7 Å². The maximum Gasteiger partial charge on any atom is 0.255 e. The highest BCUT2D eigenvalue weighted by molar-refractivity contribution is 7.90. The van der Waals surface area contributed by atoms with Gasteiger partial charge in [-0.15, -0.1) is 5.10 Å². The van der Waals surface area contributed by atoms with Crippen molar-refractivity contribution in [3.05, 3.63) is 59.9 Å². The minimum atomic E-state index is -3.49. The van der Waals surface area contributed by atoms with Crippen molar-refractivity contribution in [1.82, 2.24) is 30.0 Å². The number of amides is 1. The lowest BCUT2D eigenvalue weighted by Crippen LogP contribution is -2.48. The first-order valence-corrected chi connectivity index (χ1v) is 12.6. The zero-order chi connectivity index (χ0) is 23.4. The predicted molar refractivity (Wildman–Crippen MR) is 121 cm³/mol. The molecule has 3 aromatic rings. The number of tetrazole rings is 1. The first-order chi connectivity index (χ1) is 15.9. The Morgan fingerprint density at radius 1 is 1.03 bits per heavy atom. The third-order valence-corrected chi connectivity index (χ3v) is 6.62. The molecule has 1 saturated heterocycles. The van der Waals surface area contributed by atoms with Crippen molar-refractivity contribution in [1.29, 1.82) is 0 Å². The molecule has 10 nitrogen and oxygen atoms in total. The number of rotatable bonds is 7. The number of ether oxygens (including phenoxy) is 1. The van der Waals surface area contributed by atoms with Crippen molar-refractivity contribution in [2.45, 2.75) is 18.4 Å². The van der Waals surface area contributed by atoms with Gasteiger partial charge in [0, 0.05) is 32.4 Å². The van der Waals surface area contributed by atoms with E-state index in [4.69, 9.17) is 4.74 Å². The molecule has 174 valence electrons. The van der Waals surface area contributed by atoms with Crippen molar-refractivity contribution >= 4 is 15.7 Å². The van der Waals surface area contributed by atoms with Crippen LogP contribution in [0.5, 0.6) is 5.75 Å². The Morgan fingerprint density at radius 2 is 1.73 bits per heavy atom. The maximum absolute atomic E-state index is 13.0. The summed E-state index contributed by atoms with van der Waals surface area (Å²) >= 11 is 0. The molecule has 0 radical (unpaired) electrons. The summed E-state index contributed by atoms with van der Waals surface area (Å²) in [7, 11) is -3.49. The van der Waals surface area contributed by atoms with Crippen LogP contribution in [0.3, 0.4) is 0 Å². The zero-order valence-corrected chi connectivity index (χ0v) is 19.4. The van der Waals surface area contributed by atoms with Gasteiger partial charge in [0.2, 0.25) is 0 Å². The fourth-order valence-corrected chi connectivity index (χ4v) is 4.68. The second-order valence-electron chi connectivity index (χ2n) is 7.77. The lowest BCUT2D eigenvalue weighted by atomic mass is 10.2. The maximum atomic E-state index is 13.0. The van der Waals surface area contributed by atoms with Crippen molar-refractivity contribution in [2.75, 3.05) is 39.0 Å². The van der Waals surface area contributed by atoms with Crippen LogP contribution < -0.4 is 4.74 Å². The third-order valence-electron chi connectivity index (χ3n) is 5.47. The van der Waals surface area contributed by atoms with E-state index in [1.54, 1.807) is 27.8 Å². The number of carbonyl (C=O) groups excluding carboxylic acids is 1. The van der Waals surface area contributed by atoms with Crippen LogP contribution in [0.4, 0.5) is 0 Å². The van der Waals surface area contributed by atoms with Crippen LogP contribution in [0.1, 0.15) is 23.1 Å². The van der Waals surface area contributed by atoms with Gasteiger partial charge in [0.1, 0.15) is 5.75 Å². The Labute approximate surface area is 192 Å². The predicted octanol–water partition coefficient (Wildman–Crippen LogP) is 1.42. The number of hydrogen-bond donors (Lipinski definition) is 0. The standard InChI is InChI=1S/C22H26N6O4S/c1-3-32-18-10-8-17(9-11-18)28-21(23-24-25-28)16-26-12-14-27(15-13-26)22(29)19-6-4-5-7-20(19)33(2,30)31/h4-11H,3,12-16H2,1-2H3. The van der Waals surface area contributed by atoms with Gasteiger partial charge >= 0.3 is 0 Å². The zero-order valence-electron chi connectivity index (χ0n) is 18.6. The first-order valence-electron chi connectivity index (χ1n) is 10.7. The Balaban J connectivity index is 1.40. The molecule has 0 N–H and O–H groups in total. The molecule has 1 aliphatic heterocycles. The summed E-state index contributed by atoms with van der Waals surface area (Å²) in [5.74, 6) is 1.21. The second-order valence-corrected chi connectivity index (χ2v) is 9.75. The molecule has 0 bridgehead atoms. The molecule has 2 aromatic carbocycles. The van der Waals surface area contributed by atoms with Gasteiger partial charge in [-0.2, -0.15) is 4.68 Å². The molecule has 0 aliphatic carbocycles. The summed E-state index contributed by atoms with van der Waals surface area (Å²) in [4.78, 5) is 16.9. The fraction of sp³-hybridized carbons (Fsp3) is 0.364. The summed E-state index contributed by atoms with van der Waals surface area (Å²) in [5.41, 5.74) is 1.05. The SMILES string of the molecule is CCOc1ccc(-n2nnnc2CN2CCN(C(=O)c3ccccc3S(C)(=O)=O)CC2)cc1. The largest absolute Gasteiger partial charge is 0.494 e. The van der Waals surface area contributed by atoms with E-state index in [0.29, 0.717) is 45.2 Å². The molecule has 0 spiro atoms. The molecule has 1 fully saturated rings. The molecule has 1 aromatic heterocycles. The number of nitrogens with zero attached hydrogens (tertiary/aromatic N) is 6. The second kappa shape index (κ2) is 9.67. The average molecular weight is 471 g/mol. The molecule has 1 amide bonds. The van der Waals surface area contributed by atoms with Gasteiger partial charge in [0.05, 0.1) is 29.3 Å². The van der Waals surface area contributed by atoms with E-state index in [-0.39, 0.29) is 16.4 Å². The highest BCUT2D eigenvalue weighted by atomic mass is 32.2. The molecule has 0 atom stereocenters. The van der Waals surface area contributed by atoms with Gasteiger partial charge in [-0.25, -0.2) is 8.42 Å². The Bertz CT molecular complexity index is 1220. The highest BCUT2D eigenvalue weighted by Gasteiger charge is 2.27. The number of aromatic nitrogens is 4. The molecular weight excluding hydrogens is 444 g/mol. The summed E-state index contributed by atoms with van der Waals surface area (Å²) in [6, 6.07) is 13.9.